The van der Waals surface area contributed by atoms with Crippen molar-refractivity contribution in [1.29, 1.82) is 0 Å². The largest absolute Gasteiger partial charge is 0.495 e. The van der Waals surface area contributed by atoms with Gasteiger partial charge in [0.25, 0.3) is 0 Å². The summed E-state index contributed by atoms with van der Waals surface area (Å²) in [5, 5.41) is 21.9. The van der Waals surface area contributed by atoms with Crippen molar-refractivity contribution in [3.05, 3.63) is 89.6 Å². The molecule has 5 rings (SSSR count). The molecule has 0 aliphatic rings. The summed E-state index contributed by atoms with van der Waals surface area (Å²) in [5.74, 6) is 1.86. The number of pyridine rings is 1. The maximum absolute atomic E-state index is 10.1. The smallest absolute Gasteiger partial charge is 0.213 e. The van der Waals surface area contributed by atoms with Crippen molar-refractivity contribution in [2.75, 3.05) is 40.3 Å². The van der Waals surface area contributed by atoms with Gasteiger partial charge in [-0.05, 0) is 58.0 Å². The van der Waals surface area contributed by atoms with Crippen LogP contribution in [0.2, 0.25) is 0 Å². The van der Waals surface area contributed by atoms with Gasteiger partial charge in [-0.25, -0.2) is 0 Å². The standard InChI is InChI=1S/C36H39N2O5/c1-22-34-27(15-28(20-39)31(21-40)36(34)43-7)18-32(38(22)4)26-17-30(35(42-6)33(19-26)41-5)24-13-11-23(12-14-24)25-9-8-10-29(16-25)37(2)3/h8-19,39-40H,20-21H2,1-7H3/q+1. The molecule has 7 heteroatoms. The number of benzene rings is 4. The summed E-state index contributed by atoms with van der Waals surface area (Å²) in [6.45, 7) is 1.60. The lowest BCUT2D eigenvalue weighted by Crippen LogP contribution is -2.35. The van der Waals surface area contributed by atoms with E-state index in [0.29, 0.717) is 28.4 Å². The van der Waals surface area contributed by atoms with Gasteiger partial charge in [0.05, 0.1) is 45.5 Å². The van der Waals surface area contributed by atoms with Gasteiger partial charge in [0.2, 0.25) is 5.69 Å². The zero-order chi connectivity index (χ0) is 30.8. The van der Waals surface area contributed by atoms with Gasteiger partial charge >= 0.3 is 0 Å². The summed E-state index contributed by atoms with van der Waals surface area (Å²) in [4.78, 5) is 2.10. The van der Waals surface area contributed by atoms with Crippen molar-refractivity contribution in [3.8, 4) is 50.8 Å². The molecular weight excluding hydrogens is 540 g/mol. The molecule has 1 aromatic heterocycles. The van der Waals surface area contributed by atoms with Gasteiger partial charge in [0, 0.05) is 43.9 Å². The van der Waals surface area contributed by atoms with Gasteiger partial charge in [-0.15, -0.1) is 0 Å². The van der Waals surface area contributed by atoms with Crippen molar-refractivity contribution in [1.82, 2.24) is 0 Å². The van der Waals surface area contributed by atoms with E-state index in [1.165, 1.54) is 0 Å². The molecule has 4 aromatic carbocycles. The summed E-state index contributed by atoms with van der Waals surface area (Å²) in [6.07, 6.45) is 0. The molecule has 0 aliphatic carbocycles. The van der Waals surface area contributed by atoms with Crippen molar-refractivity contribution in [2.24, 2.45) is 7.05 Å². The Morgan fingerprint density at radius 1 is 0.721 bits per heavy atom. The van der Waals surface area contributed by atoms with Gasteiger partial charge in [-0.2, -0.15) is 4.57 Å². The number of nitrogens with zero attached hydrogens (tertiary/aromatic N) is 2. The second-order valence-corrected chi connectivity index (χ2v) is 10.8. The maximum atomic E-state index is 10.1. The van der Waals surface area contributed by atoms with E-state index < -0.39 is 0 Å². The number of aryl methyl sites for hydroxylation is 1. The van der Waals surface area contributed by atoms with E-state index >= 15 is 0 Å². The minimum absolute atomic E-state index is 0.201. The Morgan fingerprint density at radius 2 is 1.42 bits per heavy atom. The van der Waals surface area contributed by atoms with E-state index in [4.69, 9.17) is 14.2 Å². The fraction of sp³-hybridized carbons (Fsp3) is 0.250. The number of methoxy groups -OCH3 is 3. The molecule has 1 heterocycles. The molecule has 0 amide bonds. The summed E-state index contributed by atoms with van der Waals surface area (Å²) in [7, 11) is 11.0. The number of aliphatic hydroxyl groups excluding tert-OH is 2. The molecule has 43 heavy (non-hydrogen) atoms. The molecule has 0 spiro atoms. The van der Waals surface area contributed by atoms with Crippen LogP contribution in [0.5, 0.6) is 17.2 Å². The van der Waals surface area contributed by atoms with Crippen LogP contribution in [-0.2, 0) is 20.3 Å². The monoisotopic (exact) mass is 579 g/mol. The topological polar surface area (TPSA) is 75.3 Å². The first kappa shape index (κ1) is 29.9. The van der Waals surface area contributed by atoms with E-state index in [1.807, 2.05) is 40.2 Å². The number of aromatic nitrogens is 1. The lowest BCUT2D eigenvalue weighted by molar-refractivity contribution is -0.665. The molecule has 0 radical (unpaired) electrons. The summed E-state index contributed by atoms with van der Waals surface area (Å²) >= 11 is 0. The van der Waals surface area contributed by atoms with E-state index in [1.54, 1.807) is 21.3 Å². The van der Waals surface area contributed by atoms with Crippen LogP contribution in [-0.4, -0.2) is 45.6 Å². The van der Waals surface area contributed by atoms with E-state index in [2.05, 4.69) is 70.1 Å². The molecule has 0 bridgehead atoms. The van der Waals surface area contributed by atoms with Gasteiger partial charge in [-0.3, -0.25) is 0 Å². The molecule has 0 unspecified atom stereocenters. The van der Waals surface area contributed by atoms with Crippen molar-refractivity contribution < 1.29 is 29.0 Å². The zero-order valence-corrected chi connectivity index (χ0v) is 25.9. The maximum Gasteiger partial charge on any atom is 0.213 e. The first-order chi connectivity index (χ1) is 20.8. The van der Waals surface area contributed by atoms with E-state index in [-0.39, 0.29) is 13.2 Å². The van der Waals surface area contributed by atoms with Gasteiger partial charge < -0.3 is 29.3 Å². The average Bonchev–Trinajstić information content (AvgIpc) is 3.04. The Balaban J connectivity index is 1.68. The zero-order valence-electron chi connectivity index (χ0n) is 25.9. The summed E-state index contributed by atoms with van der Waals surface area (Å²) < 4.78 is 19.6. The van der Waals surface area contributed by atoms with Crippen LogP contribution in [0.3, 0.4) is 0 Å². The van der Waals surface area contributed by atoms with Crippen molar-refractivity contribution in [3.63, 3.8) is 0 Å². The second kappa shape index (κ2) is 12.3. The predicted molar refractivity (Wildman–Crippen MR) is 172 cm³/mol. The molecule has 2 N–H and O–H groups in total. The SMILES string of the molecule is COc1cc(-c2cc3cc(CO)c(CO)c(OC)c3c(C)[n+]2C)cc(-c2ccc(-c3cccc(N(C)C)c3)cc2)c1OC. The van der Waals surface area contributed by atoms with Gasteiger partial charge in [0.15, 0.2) is 17.2 Å². The number of fused-ring (bicyclic) bond motifs is 1. The fourth-order valence-electron chi connectivity index (χ4n) is 5.80. The third kappa shape index (κ3) is 5.38. The molecule has 222 valence electrons. The highest BCUT2D eigenvalue weighted by molar-refractivity contribution is 5.94. The number of anilines is 1. The minimum atomic E-state index is -0.223. The van der Waals surface area contributed by atoms with Crippen LogP contribution >= 0.6 is 0 Å². The van der Waals surface area contributed by atoms with Crippen LogP contribution in [0.15, 0.2) is 72.8 Å². The predicted octanol–water partition coefficient (Wildman–Crippen LogP) is 6.05. The van der Waals surface area contributed by atoms with Crippen molar-refractivity contribution >= 4 is 16.5 Å². The third-order valence-corrected chi connectivity index (χ3v) is 8.22. The Kier molecular flexibility index (Phi) is 8.57. The average molecular weight is 580 g/mol. The first-order valence-corrected chi connectivity index (χ1v) is 14.1. The first-order valence-electron chi connectivity index (χ1n) is 14.1. The molecule has 0 aliphatic heterocycles. The van der Waals surface area contributed by atoms with Crippen LogP contribution < -0.4 is 23.7 Å². The van der Waals surface area contributed by atoms with Crippen LogP contribution in [0, 0.1) is 6.92 Å². The lowest BCUT2D eigenvalue weighted by atomic mass is 9.94. The highest BCUT2D eigenvalue weighted by Crippen LogP contribution is 2.43. The third-order valence-electron chi connectivity index (χ3n) is 8.22. The summed E-state index contributed by atoms with van der Waals surface area (Å²) in [6, 6.07) is 25.1. The molecule has 5 aromatic rings. The molecule has 0 fully saturated rings. The summed E-state index contributed by atoms with van der Waals surface area (Å²) in [5.41, 5.74) is 9.42. The Labute approximate surface area is 253 Å². The number of aliphatic hydroxyl groups is 2. The fourth-order valence-corrected chi connectivity index (χ4v) is 5.80. The van der Waals surface area contributed by atoms with Gasteiger partial charge in [-0.1, -0.05) is 36.4 Å². The molecule has 0 atom stereocenters. The molecular formula is C36H39N2O5+. The normalized spacial score (nSPS) is 11.1. The second-order valence-electron chi connectivity index (χ2n) is 10.8. The minimum Gasteiger partial charge on any atom is -0.495 e. The number of rotatable bonds is 9. The van der Waals surface area contributed by atoms with Crippen LogP contribution in [0.25, 0.3) is 44.3 Å². The molecule has 0 saturated carbocycles. The Morgan fingerprint density at radius 3 is 2.02 bits per heavy atom. The Hall–Kier alpha value is -4.59. The van der Waals surface area contributed by atoms with E-state index in [0.717, 1.165) is 55.7 Å². The number of hydrogen-bond donors (Lipinski definition) is 2. The van der Waals surface area contributed by atoms with E-state index in [9.17, 15) is 10.2 Å². The van der Waals surface area contributed by atoms with Crippen LogP contribution in [0.4, 0.5) is 5.69 Å². The highest BCUT2D eigenvalue weighted by atomic mass is 16.5. The molecule has 7 nitrogen and oxygen atoms in total. The van der Waals surface area contributed by atoms with Crippen molar-refractivity contribution in [2.45, 2.75) is 20.1 Å². The lowest BCUT2D eigenvalue weighted by Gasteiger charge is -2.18. The highest BCUT2D eigenvalue weighted by Gasteiger charge is 2.25. The van der Waals surface area contributed by atoms with Gasteiger partial charge in [0.1, 0.15) is 12.8 Å². The quantitative estimate of drug-likeness (QED) is 0.207. The number of hydrogen-bond acceptors (Lipinski definition) is 6. The number of ether oxygens (including phenoxy) is 3. The Bertz CT molecular complexity index is 1800. The van der Waals surface area contributed by atoms with Crippen LogP contribution in [0.1, 0.15) is 16.8 Å². The molecule has 0 saturated heterocycles.